The third kappa shape index (κ3) is 2.75. The molecule has 20 heavy (non-hydrogen) atoms. The smallest absolute Gasteiger partial charge is 0.139 e. The summed E-state index contributed by atoms with van der Waals surface area (Å²) in [6.07, 6.45) is 0. The number of fused-ring (bicyclic) bond motifs is 1. The van der Waals surface area contributed by atoms with Gasteiger partial charge in [0, 0.05) is 18.5 Å². The summed E-state index contributed by atoms with van der Waals surface area (Å²) in [6.45, 7) is 6.58. The molecule has 0 aliphatic heterocycles. The summed E-state index contributed by atoms with van der Waals surface area (Å²) in [5, 5.41) is 1.06. The molecule has 2 N–H and O–H groups in total. The number of hydrogen-bond donors (Lipinski definition) is 1. The molecule has 4 heteroatoms. The molecule has 0 bridgehead atoms. The first-order valence-corrected chi connectivity index (χ1v) is 7.25. The Bertz CT molecular complexity index is 637. The zero-order chi connectivity index (χ0) is 14.9. The highest BCUT2D eigenvalue weighted by molar-refractivity contribution is 7.80. The average Bonchev–Trinajstić information content (AvgIpc) is 2.44. The molecule has 3 nitrogen and oxygen atoms in total. The van der Waals surface area contributed by atoms with Gasteiger partial charge in [0.15, 0.2) is 0 Å². The number of nitrogens with zero attached hydrogens (tertiary/aromatic N) is 2. The molecule has 0 radical (unpaired) electrons. The van der Waals surface area contributed by atoms with E-state index in [2.05, 4.69) is 25.7 Å². The summed E-state index contributed by atoms with van der Waals surface area (Å²) < 4.78 is 0. The fourth-order valence-electron chi connectivity index (χ4n) is 2.20. The van der Waals surface area contributed by atoms with Crippen LogP contribution in [0.5, 0.6) is 0 Å². The number of pyridine rings is 1. The van der Waals surface area contributed by atoms with Crippen molar-refractivity contribution in [3.05, 3.63) is 35.9 Å². The standard InChI is InChI=1S/C16H21N3S/c1-10(2)11(3)19(4)16-13(15(17)20)9-12-7-5-6-8-14(12)18-16/h5-11H,1-4H3,(H2,17,20). The zero-order valence-corrected chi connectivity index (χ0v) is 13.2. The van der Waals surface area contributed by atoms with Crippen molar-refractivity contribution in [2.75, 3.05) is 11.9 Å². The zero-order valence-electron chi connectivity index (χ0n) is 12.4. The van der Waals surface area contributed by atoms with Crippen molar-refractivity contribution >= 4 is 33.9 Å². The van der Waals surface area contributed by atoms with E-state index < -0.39 is 0 Å². The first-order chi connectivity index (χ1) is 9.41. The second-order valence-electron chi connectivity index (χ2n) is 5.51. The Morgan fingerprint density at radius 1 is 1.25 bits per heavy atom. The molecule has 1 aromatic heterocycles. The Morgan fingerprint density at radius 2 is 1.90 bits per heavy atom. The Morgan fingerprint density at radius 3 is 2.50 bits per heavy atom. The number of para-hydroxylation sites is 1. The maximum absolute atomic E-state index is 5.88. The molecule has 2 aromatic rings. The van der Waals surface area contributed by atoms with E-state index in [1.165, 1.54) is 0 Å². The minimum absolute atomic E-state index is 0.358. The van der Waals surface area contributed by atoms with Gasteiger partial charge in [-0.2, -0.15) is 0 Å². The molecule has 1 atom stereocenters. The minimum Gasteiger partial charge on any atom is -0.389 e. The lowest BCUT2D eigenvalue weighted by Crippen LogP contribution is -2.35. The van der Waals surface area contributed by atoms with Gasteiger partial charge in [0.25, 0.3) is 0 Å². The molecular formula is C16H21N3S. The first kappa shape index (κ1) is 14.7. The molecular weight excluding hydrogens is 266 g/mol. The van der Waals surface area contributed by atoms with Gasteiger partial charge < -0.3 is 10.6 Å². The molecule has 0 amide bonds. The van der Waals surface area contributed by atoms with E-state index in [-0.39, 0.29) is 0 Å². The van der Waals surface area contributed by atoms with Gasteiger partial charge in [-0.3, -0.25) is 0 Å². The lowest BCUT2D eigenvalue weighted by Gasteiger charge is -2.30. The Hall–Kier alpha value is -1.68. The number of thiocarbonyl (C=S) groups is 1. The molecule has 1 unspecified atom stereocenters. The quantitative estimate of drug-likeness (QED) is 0.876. The van der Waals surface area contributed by atoms with E-state index >= 15 is 0 Å². The predicted octanol–water partition coefficient (Wildman–Crippen LogP) is 3.35. The average molecular weight is 287 g/mol. The van der Waals surface area contributed by atoms with Gasteiger partial charge in [0.1, 0.15) is 10.8 Å². The summed E-state index contributed by atoms with van der Waals surface area (Å²) in [6, 6.07) is 10.4. The van der Waals surface area contributed by atoms with Crippen molar-refractivity contribution in [2.24, 2.45) is 11.7 Å². The highest BCUT2D eigenvalue weighted by Crippen LogP contribution is 2.25. The van der Waals surface area contributed by atoms with Crippen molar-refractivity contribution in [1.29, 1.82) is 0 Å². The Labute approximate surface area is 125 Å². The van der Waals surface area contributed by atoms with Crippen molar-refractivity contribution in [1.82, 2.24) is 4.98 Å². The van der Waals surface area contributed by atoms with E-state index in [9.17, 15) is 0 Å². The number of rotatable bonds is 4. The van der Waals surface area contributed by atoms with Crippen molar-refractivity contribution in [3.8, 4) is 0 Å². The fourth-order valence-corrected chi connectivity index (χ4v) is 2.35. The Kier molecular flexibility index (Phi) is 4.23. The van der Waals surface area contributed by atoms with Gasteiger partial charge in [-0.15, -0.1) is 0 Å². The van der Waals surface area contributed by atoms with Crippen LogP contribution in [0.25, 0.3) is 10.9 Å². The van der Waals surface area contributed by atoms with Gasteiger partial charge in [-0.25, -0.2) is 4.98 Å². The van der Waals surface area contributed by atoms with E-state index in [0.29, 0.717) is 16.9 Å². The molecule has 0 aliphatic rings. The molecule has 0 saturated heterocycles. The highest BCUT2D eigenvalue weighted by atomic mass is 32.1. The molecule has 1 heterocycles. The number of hydrogen-bond acceptors (Lipinski definition) is 3. The SMILES string of the molecule is CC(C)C(C)N(C)c1nc2ccccc2cc1C(N)=S. The summed E-state index contributed by atoms with van der Waals surface area (Å²) in [5.74, 6) is 1.38. The number of aromatic nitrogens is 1. The van der Waals surface area contributed by atoms with Crippen LogP contribution in [0.15, 0.2) is 30.3 Å². The topological polar surface area (TPSA) is 42.2 Å². The predicted molar refractivity (Wildman–Crippen MR) is 90.3 cm³/mol. The van der Waals surface area contributed by atoms with Crippen LogP contribution in [0.2, 0.25) is 0 Å². The van der Waals surface area contributed by atoms with Crippen LogP contribution in [0, 0.1) is 5.92 Å². The third-order valence-electron chi connectivity index (χ3n) is 3.88. The van der Waals surface area contributed by atoms with Gasteiger partial charge in [0.2, 0.25) is 0 Å². The largest absolute Gasteiger partial charge is 0.389 e. The van der Waals surface area contributed by atoms with Crippen molar-refractivity contribution < 1.29 is 0 Å². The van der Waals surface area contributed by atoms with Crippen LogP contribution >= 0.6 is 12.2 Å². The van der Waals surface area contributed by atoms with Crippen LogP contribution in [0.3, 0.4) is 0 Å². The van der Waals surface area contributed by atoms with Gasteiger partial charge in [0.05, 0.1) is 11.1 Å². The van der Waals surface area contributed by atoms with Crippen molar-refractivity contribution in [2.45, 2.75) is 26.8 Å². The molecule has 2 rings (SSSR count). The van der Waals surface area contributed by atoms with E-state index in [4.69, 9.17) is 22.9 Å². The summed E-state index contributed by atoms with van der Waals surface area (Å²) in [7, 11) is 2.05. The van der Waals surface area contributed by atoms with Gasteiger partial charge in [-0.1, -0.05) is 44.3 Å². The maximum Gasteiger partial charge on any atom is 0.139 e. The van der Waals surface area contributed by atoms with Crippen LogP contribution in [0.1, 0.15) is 26.3 Å². The number of benzene rings is 1. The number of nitrogens with two attached hydrogens (primary N) is 1. The summed E-state index contributed by atoms with van der Waals surface area (Å²) in [4.78, 5) is 7.31. The van der Waals surface area contributed by atoms with Crippen LogP contribution in [-0.2, 0) is 0 Å². The minimum atomic E-state index is 0.358. The normalized spacial score (nSPS) is 12.7. The molecule has 0 fully saturated rings. The maximum atomic E-state index is 5.88. The summed E-state index contributed by atoms with van der Waals surface area (Å²) in [5.41, 5.74) is 7.69. The number of anilines is 1. The lowest BCUT2D eigenvalue weighted by molar-refractivity contribution is 0.503. The highest BCUT2D eigenvalue weighted by Gasteiger charge is 2.19. The van der Waals surface area contributed by atoms with Crippen LogP contribution < -0.4 is 10.6 Å². The Balaban J connectivity index is 2.60. The van der Waals surface area contributed by atoms with Crippen molar-refractivity contribution in [3.63, 3.8) is 0 Å². The van der Waals surface area contributed by atoms with Gasteiger partial charge >= 0.3 is 0 Å². The molecule has 0 spiro atoms. The first-order valence-electron chi connectivity index (χ1n) is 6.84. The summed E-state index contributed by atoms with van der Waals surface area (Å²) >= 11 is 5.20. The van der Waals surface area contributed by atoms with E-state index in [1.807, 2.05) is 37.4 Å². The van der Waals surface area contributed by atoms with E-state index in [1.54, 1.807) is 0 Å². The molecule has 0 aliphatic carbocycles. The third-order valence-corrected chi connectivity index (χ3v) is 4.10. The fraction of sp³-hybridized carbons (Fsp3) is 0.375. The lowest BCUT2D eigenvalue weighted by atomic mass is 10.0. The van der Waals surface area contributed by atoms with E-state index in [0.717, 1.165) is 22.3 Å². The second kappa shape index (κ2) is 5.75. The van der Waals surface area contributed by atoms with Crippen LogP contribution in [-0.4, -0.2) is 23.1 Å². The molecule has 106 valence electrons. The van der Waals surface area contributed by atoms with Gasteiger partial charge in [-0.05, 0) is 25.0 Å². The second-order valence-corrected chi connectivity index (χ2v) is 5.95. The monoisotopic (exact) mass is 287 g/mol. The van der Waals surface area contributed by atoms with Crippen LogP contribution in [0.4, 0.5) is 5.82 Å². The molecule has 1 aromatic carbocycles. The molecule has 0 saturated carbocycles.